The summed E-state index contributed by atoms with van der Waals surface area (Å²) in [6, 6.07) is 0. The van der Waals surface area contributed by atoms with Crippen molar-refractivity contribution in [3.63, 3.8) is 0 Å². The molecule has 2 bridgehead atoms. The first kappa shape index (κ1) is 11.1. The van der Waals surface area contributed by atoms with Gasteiger partial charge in [0, 0.05) is 0 Å². The van der Waals surface area contributed by atoms with Crippen LogP contribution in [0.1, 0.15) is 58.8 Å². The maximum Gasteiger partial charge on any atom is 0.0571 e. The van der Waals surface area contributed by atoms with Gasteiger partial charge in [0.05, 0.1) is 6.10 Å². The molecule has 0 aromatic rings. The van der Waals surface area contributed by atoms with Gasteiger partial charge in [-0.2, -0.15) is 0 Å². The number of aliphatic hydroxyl groups is 1. The Morgan fingerprint density at radius 1 is 0.938 bits per heavy atom. The summed E-state index contributed by atoms with van der Waals surface area (Å²) in [4.78, 5) is 0. The van der Waals surface area contributed by atoms with Gasteiger partial charge >= 0.3 is 0 Å². The molecule has 92 valence electrons. The first-order valence-corrected chi connectivity index (χ1v) is 7.29. The van der Waals surface area contributed by atoms with E-state index in [0.717, 1.165) is 24.2 Å². The molecular formula is C15H26O. The fourth-order valence-corrected chi connectivity index (χ4v) is 5.22. The molecule has 0 aromatic carbocycles. The van der Waals surface area contributed by atoms with Crippen molar-refractivity contribution >= 4 is 0 Å². The molecular weight excluding hydrogens is 196 g/mol. The van der Waals surface area contributed by atoms with E-state index in [9.17, 15) is 5.11 Å². The summed E-state index contributed by atoms with van der Waals surface area (Å²) < 4.78 is 0. The van der Waals surface area contributed by atoms with Gasteiger partial charge in [0.1, 0.15) is 0 Å². The molecule has 3 fully saturated rings. The van der Waals surface area contributed by atoms with Gasteiger partial charge in [-0.25, -0.2) is 0 Å². The van der Waals surface area contributed by atoms with Crippen LogP contribution in [0.3, 0.4) is 0 Å². The predicted molar refractivity (Wildman–Crippen MR) is 66.1 cm³/mol. The molecule has 0 heterocycles. The quantitative estimate of drug-likeness (QED) is 0.718. The monoisotopic (exact) mass is 222 g/mol. The van der Waals surface area contributed by atoms with Crippen LogP contribution in [0.5, 0.6) is 0 Å². The predicted octanol–water partition coefficient (Wildman–Crippen LogP) is 3.61. The summed E-state index contributed by atoms with van der Waals surface area (Å²) in [5.41, 5.74) is 0.571. The van der Waals surface area contributed by atoms with Crippen LogP contribution in [0.2, 0.25) is 0 Å². The number of hydrogen-bond acceptors (Lipinski definition) is 1. The van der Waals surface area contributed by atoms with E-state index >= 15 is 0 Å². The van der Waals surface area contributed by atoms with Crippen LogP contribution in [-0.4, -0.2) is 11.2 Å². The van der Waals surface area contributed by atoms with Gasteiger partial charge < -0.3 is 5.11 Å². The molecule has 1 heteroatoms. The molecule has 0 aromatic heterocycles. The van der Waals surface area contributed by atoms with Crippen LogP contribution in [0.4, 0.5) is 0 Å². The number of rotatable bonds is 1. The lowest BCUT2D eigenvalue weighted by Gasteiger charge is -2.37. The van der Waals surface area contributed by atoms with Gasteiger partial charge in [0.15, 0.2) is 0 Å². The van der Waals surface area contributed by atoms with Crippen molar-refractivity contribution in [3.05, 3.63) is 0 Å². The van der Waals surface area contributed by atoms with Crippen molar-refractivity contribution in [1.82, 2.24) is 0 Å². The fourth-order valence-electron chi connectivity index (χ4n) is 5.22. The zero-order chi connectivity index (χ0) is 11.3. The molecule has 0 saturated heterocycles. The van der Waals surface area contributed by atoms with E-state index in [1.165, 1.54) is 38.5 Å². The van der Waals surface area contributed by atoms with Crippen LogP contribution in [0.15, 0.2) is 0 Å². The maximum absolute atomic E-state index is 10.2. The molecule has 0 aliphatic heterocycles. The Kier molecular flexibility index (Phi) is 2.58. The normalized spacial score (nSPS) is 50.8. The molecule has 1 nitrogen and oxygen atoms in total. The second-order valence-electron chi connectivity index (χ2n) is 7.12. The third kappa shape index (κ3) is 1.47. The molecule has 3 aliphatic rings. The molecule has 0 radical (unpaired) electrons. The molecule has 3 rings (SSSR count). The van der Waals surface area contributed by atoms with Crippen molar-refractivity contribution < 1.29 is 5.11 Å². The third-order valence-electron chi connectivity index (χ3n) is 6.24. The summed E-state index contributed by atoms with van der Waals surface area (Å²) in [6.45, 7) is 4.95. The summed E-state index contributed by atoms with van der Waals surface area (Å²) in [5.74, 6) is 3.36. The fraction of sp³-hybridized carbons (Fsp3) is 1.00. The average Bonchev–Trinajstić information content (AvgIpc) is 2.68. The first-order chi connectivity index (χ1) is 7.60. The Balaban J connectivity index is 1.77. The molecule has 0 spiro atoms. The standard InChI is InChI=1S/C15H26O/c1-15(2)10-7-8-13(15)12(9-10)11-5-3-4-6-14(11)16/h10-14,16H,3-9H2,1-2H3. The summed E-state index contributed by atoms with van der Waals surface area (Å²) in [6.07, 6.45) is 9.30. The third-order valence-corrected chi connectivity index (χ3v) is 6.24. The molecule has 16 heavy (non-hydrogen) atoms. The lowest BCUT2D eigenvalue weighted by atomic mass is 9.69. The average molecular weight is 222 g/mol. The lowest BCUT2D eigenvalue weighted by Crippen LogP contribution is -2.34. The Labute approximate surface area is 99.6 Å². The second-order valence-corrected chi connectivity index (χ2v) is 7.12. The van der Waals surface area contributed by atoms with Gasteiger partial charge in [-0.3, -0.25) is 0 Å². The Morgan fingerprint density at radius 3 is 2.25 bits per heavy atom. The minimum absolute atomic E-state index is 0.0221. The number of hydrogen-bond donors (Lipinski definition) is 1. The van der Waals surface area contributed by atoms with Crippen LogP contribution < -0.4 is 0 Å². The van der Waals surface area contributed by atoms with Crippen molar-refractivity contribution in [2.75, 3.05) is 0 Å². The van der Waals surface area contributed by atoms with E-state index in [1.54, 1.807) is 0 Å². The smallest absolute Gasteiger partial charge is 0.0571 e. The highest BCUT2D eigenvalue weighted by molar-refractivity contribution is 5.04. The summed E-state index contributed by atoms with van der Waals surface area (Å²) in [7, 11) is 0. The zero-order valence-corrected chi connectivity index (χ0v) is 10.8. The molecule has 5 unspecified atom stereocenters. The molecule has 3 aliphatic carbocycles. The van der Waals surface area contributed by atoms with Gasteiger partial charge in [0.2, 0.25) is 0 Å². The maximum atomic E-state index is 10.2. The van der Waals surface area contributed by atoms with E-state index in [0.29, 0.717) is 11.3 Å². The van der Waals surface area contributed by atoms with Gasteiger partial charge in [-0.15, -0.1) is 0 Å². The Hall–Kier alpha value is -0.0400. The summed E-state index contributed by atoms with van der Waals surface area (Å²) >= 11 is 0. The van der Waals surface area contributed by atoms with Gasteiger partial charge in [-0.05, 0) is 61.2 Å². The molecule has 5 atom stereocenters. The highest BCUT2D eigenvalue weighted by atomic mass is 16.3. The van der Waals surface area contributed by atoms with Crippen LogP contribution >= 0.6 is 0 Å². The minimum atomic E-state index is 0.0221. The van der Waals surface area contributed by atoms with E-state index in [1.807, 2.05) is 0 Å². The van der Waals surface area contributed by atoms with E-state index in [-0.39, 0.29) is 6.10 Å². The van der Waals surface area contributed by atoms with E-state index < -0.39 is 0 Å². The highest BCUT2D eigenvalue weighted by Gasteiger charge is 2.55. The topological polar surface area (TPSA) is 20.2 Å². The minimum Gasteiger partial charge on any atom is -0.393 e. The Bertz CT molecular complexity index is 271. The van der Waals surface area contributed by atoms with Crippen LogP contribution in [0, 0.1) is 29.1 Å². The van der Waals surface area contributed by atoms with Crippen LogP contribution in [-0.2, 0) is 0 Å². The SMILES string of the molecule is CC1(C)C2CCC1C(C1CCCCC1O)C2. The van der Waals surface area contributed by atoms with E-state index in [4.69, 9.17) is 0 Å². The molecule has 0 amide bonds. The largest absolute Gasteiger partial charge is 0.393 e. The molecule has 3 saturated carbocycles. The van der Waals surface area contributed by atoms with Gasteiger partial charge in [-0.1, -0.05) is 26.7 Å². The zero-order valence-electron chi connectivity index (χ0n) is 10.8. The highest BCUT2D eigenvalue weighted by Crippen LogP contribution is 2.63. The second kappa shape index (κ2) is 3.73. The van der Waals surface area contributed by atoms with Gasteiger partial charge in [0.25, 0.3) is 0 Å². The first-order valence-electron chi connectivity index (χ1n) is 7.29. The Morgan fingerprint density at radius 2 is 1.69 bits per heavy atom. The lowest BCUT2D eigenvalue weighted by molar-refractivity contribution is 0.0148. The summed E-state index contributed by atoms with van der Waals surface area (Å²) in [5, 5.41) is 10.2. The van der Waals surface area contributed by atoms with Crippen molar-refractivity contribution in [1.29, 1.82) is 0 Å². The van der Waals surface area contributed by atoms with Crippen molar-refractivity contribution in [2.45, 2.75) is 64.9 Å². The van der Waals surface area contributed by atoms with Crippen molar-refractivity contribution in [3.8, 4) is 0 Å². The molecule has 1 N–H and O–H groups in total. The van der Waals surface area contributed by atoms with Crippen LogP contribution in [0.25, 0.3) is 0 Å². The number of aliphatic hydroxyl groups excluding tert-OH is 1. The van der Waals surface area contributed by atoms with E-state index in [2.05, 4.69) is 13.8 Å². The number of fused-ring (bicyclic) bond motifs is 2. The van der Waals surface area contributed by atoms with Crippen molar-refractivity contribution in [2.24, 2.45) is 29.1 Å².